The molecule has 0 heterocycles. The van der Waals surface area contributed by atoms with Crippen molar-refractivity contribution >= 4 is 27.5 Å². The minimum atomic E-state index is -3.59. The van der Waals surface area contributed by atoms with Crippen molar-refractivity contribution < 1.29 is 22.7 Å². The predicted molar refractivity (Wildman–Crippen MR) is 168 cm³/mol. The maximum Gasteiger partial charge on any atom is 0.243 e. The van der Waals surface area contributed by atoms with E-state index in [-0.39, 0.29) is 43.7 Å². The number of carbonyl (C=O) groups is 2. The van der Waals surface area contributed by atoms with Crippen LogP contribution < -0.4 is 14.4 Å². The number of sulfonamides is 1. The summed E-state index contributed by atoms with van der Waals surface area (Å²) in [4.78, 5) is 29.1. The van der Waals surface area contributed by atoms with Crippen LogP contribution in [0.1, 0.15) is 44.7 Å². The molecule has 0 radical (unpaired) electrons. The molecule has 0 saturated heterocycles. The van der Waals surface area contributed by atoms with Crippen LogP contribution in [0.25, 0.3) is 0 Å². The molecule has 3 aromatic rings. The monoisotopic (exact) mass is 593 g/mol. The van der Waals surface area contributed by atoms with E-state index >= 15 is 0 Å². The van der Waals surface area contributed by atoms with Crippen molar-refractivity contribution in [3.05, 3.63) is 96.1 Å². The fourth-order valence-corrected chi connectivity index (χ4v) is 5.60. The number of hydrogen-bond acceptors (Lipinski definition) is 5. The normalized spacial score (nSPS) is 12.0. The number of nitrogens with one attached hydrogen (secondary N) is 1. The van der Waals surface area contributed by atoms with E-state index in [1.54, 1.807) is 29.2 Å². The summed E-state index contributed by atoms with van der Waals surface area (Å²) in [6, 6.07) is 25.4. The molecule has 0 unspecified atom stereocenters. The van der Waals surface area contributed by atoms with Crippen molar-refractivity contribution in [3.8, 4) is 5.75 Å². The van der Waals surface area contributed by atoms with Gasteiger partial charge in [-0.1, -0.05) is 74.5 Å². The van der Waals surface area contributed by atoms with Crippen LogP contribution >= 0.6 is 0 Å². The molecule has 1 atom stereocenters. The highest BCUT2D eigenvalue weighted by Gasteiger charge is 2.30. The van der Waals surface area contributed by atoms with Gasteiger partial charge in [0.25, 0.3) is 0 Å². The lowest BCUT2D eigenvalue weighted by Gasteiger charge is -2.32. The average Bonchev–Trinajstić information content (AvgIpc) is 2.97. The van der Waals surface area contributed by atoms with Crippen LogP contribution in [0, 0.1) is 5.92 Å². The average molecular weight is 594 g/mol. The fourth-order valence-electron chi connectivity index (χ4n) is 4.64. The van der Waals surface area contributed by atoms with Crippen LogP contribution in [-0.4, -0.2) is 57.1 Å². The van der Waals surface area contributed by atoms with Crippen molar-refractivity contribution in [2.24, 2.45) is 5.92 Å². The Morgan fingerprint density at radius 2 is 1.48 bits per heavy atom. The number of ether oxygens (including phenoxy) is 1. The summed E-state index contributed by atoms with van der Waals surface area (Å²) in [5.41, 5.74) is 2.36. The number of benzene rings is 3. The molecular formula is C33H43N3O5S. The highest BCUT2D eigenvalue weighted by Crippen LogP contribution is 2.23. The zero-order valence-electron chi connectivity index (χ0n) is 25.0. The Labute approximate surface area is 250 Å². The lowest BCUT2D eigenvalue weighted by Crippen LogP contribution is -2.51. The molecular weight excluding hydrogens is 550 g/mol. The summed E-state index contributed by atoms with van der Waals surface area (Å²) < 4.78 is 32.1. The first kappa shape index (κ1) is 32.7. The largest absolute Gasteiger partial charge is 0.494 e. The summed E-state index contributed by atoms with van der Waals surface area (Å²) in [6.45, 7) is 7.34. The van der Waals surface area contributed by atoms with Gasteiger partial charge in [0.05, 0.1) is 18.6 Å². The molecule has 3 rings (SSSR count). The first-order valence-corrected chi connectivity index (χ1v) is 16.3. The lowest BCUT2D eigenvalue weighted by atomic mass is 10.0. The number of hydrogen-bond donors (Lipinski definition) is 1. The molecule has 0 aliphatic heterocycles. The molecule has 0 fully saturated rings. The lowest BCUT2D eigenvalue weighted by molar-refractivity contribution is -0.141. The first-order chi connectivity index (χ1) is 20.1. The van der Waals surface area contributed by atoms with Crippen LogP contribution in [-0.2, 0) is 32.6 Å². The maximum absolute atomic E-state index is 13.9. The summed E-state index contributed by atoms with van der Waals surface area (Å²) in [7, 11) is -3.59. The standard InChI is InChI=1S/C33H43N3O5S/c1-5-41-30-20-18-29(19-21-30)36(42(4,39)40)22-12-17-32(37)35(25-28-15-10-7-11-16-28)31(33(38)34-24-26(2)3)23-27-13-8-6-9-14-27/h6-11,13-16,18-21,26,31H,5,12,17,22-25H2,1-4H3,(H,34,38)/t31-/m0/s1. The highest BCUT2D eigenvalue weighted by molar-refractivity contribution is 7.92. The molecule has 0 aliphatic carbocycles. The summed E-state index contributed by atoms with van der Waals surface area (Å²) in [5.74, 6) is 0.499. The van der Waals surface area contributed by atoms with Crippen LogP contribution in [0.15, 0.2) is 84.9 Å². The maximum atomic E-state index is 13.9. The van der Waals surface area contributed by atoms with Gasteiger partial charge in [-0.15, -0.1) is 0 Å². The molecule has 0 saturated carbocycles. The third-order valence-electron chi connectivity index (χ3n) is 6.74. The van der Waals surface area contributed by atoms with Gasteiger partial charge in [-0.2, -0.15) is 0 Å². The zero-order chi connectivity index (χ0) is 30.5. The van der Waals surface area contributed by atoms with Gasteiger partial charge in [-0.3, -0.25) is 13.9 Å². The van der Waals surface area contributed by atoms with Crippen molar-refractivity contribution in [2.45, 2.75) is 52.6 Å². The van der Waals surface area contributed by atoms with Gasteiger partial charge in [0, 0.05) is 32.5 Å². The van der Waals surface area contributed by atoms with Gasteiger partial charge in [0.1, 0.15) is 11.8 Å². The summed E-state index contributed by atoms with van der Waals surface area (Å²) >= 11 is 0. The molecule has 0 aliphatic rings. The van der Waals surface area contributed by atoms with Crippen LogP contribution in [0.4, 0.5) is 5.69 Å². The van der Waals surface area contributed by atoms with E-state index in [1.165, 1.54) is 4.31 Å². The second-order valence-corrected chi connectivity index (χ2v) is 12.6. The second kappa shape index (κ2) is 16.0. The Bertz CT molecular complexity index is 1360. The number of carbonyl (C=O) groups excluding carboxylic acids is 2. The van der Waals surface area contributed by atoms with E-state index in [0.29, 0.717) is 31.0 Å². The van der Waals surface area contributed by atoms with Crippen LogP contribution in [0.5, 0.6) is 5.75 Å². The Morgan fingerprint density at radius 3 is 2.02 bits per heavy atom. The zero-order valence-corrected chi connectivity index (χ0v) is 25.8. The van der Waals surface area contributed by atoms with Gasteiger partial charge >= 0.3 is 0 Å². The third-order valence-corrected chi connectivity index (χ3v) is 7.93. The van der Waals surface area contributed by atoms with Gasteiger partial charge in [-0.05, 0) is 54.7 Å². The van der Waals surface area contributed by atoms with Gasteiger partial charge in [0.2, 0.25) is 21.8 Å². The molecule has 0 aromatic heterocycles. The number of rotatable bonds is 16. The molecule has 9 heteroatoms. The Balaban J connectivity index is 1.83. The topological polar surface area (TPSA) is 96.0 Å². The van der Waals surface area contributed by atoms with Crippen molar-refractivity contribution in [2.75, 3.05) is 30.3 Å². The Kier molecular flexibility index (Phi) is 12.4. The fraction of sp³-hybridized carbons (Fsp3) is 0.394. The summed E-state index contributed by atoms with van der Waals surface area (Å²) in [6.07, 6.45) is 1.89. The molecule has 0 bridgehead atoms. The van der Waals surface area contributed by atoms with E-state index in [0.717, 1.165) is 17.4 Å². The first-order valence-electron chi connectivity index (χ1n) is 14.4. The highest BCUT2D eigenvalue weighted by atomic mass is 32.2. The van der Waals surface area contributed by atoms with Crippen LogP contribution in [0.2, 0.25) is 0 Å². The number of amides is 2. The van der Waals surface area contributed by atoms with Gasteiger partial charge < -0.3 is 15.0 Å². The predicted octanol–water partition coefficient (Wildman–Crippen LogP) is 5.04. The van der Waals surface area contributed by atoms with Crippen molar-refractivity contribution in [1.82, 2.24) is 10.2 Å². The minimum absolute atomic E-state index is 0.0820. The molecule has 1 N–H and O–H groups in total. The van der Waals surface area contributed by atoms with Gasteiger partial charge in [0.15, 0.2) is 0 Å². The third kappa shape index (κ3) is 10.2. The van der Waals surface area contributed by atoms with E-state index in [1.807, 2.05) is 81.4 Å². The Morgan fingerprint density at radius 1 is 0.881 bits per heavy atom. The van der Waals surface area contributed by atoms with Crippen LogP contribution in [0.3, 0.4) is 0 Å². The summed E-state index contributed by atoms with van der Waals surface area (Å²) in [5, 5.41) is 3.02. The van der Waals surface area contributed by atoms with E-state index in [4.69, 9.17) is 4.74 Å². The SMILES string of the molecule is CCOc1ccc(N(CCCC(=O)N(Cc2ccccc2)[C@@H](Cc2ccccc2)C(=O)NCC(C)C)S(C)(=O)=O)cc1. The van der Waals surface area contributed by atoms with E-state index in [9.17, 15) is 18.0 Å². The number of nitrogens with zero attached hydrogens (tertiary/aromatic N) is 2. The van der Waals surface area contributed by atoms with E-state index in [2.05, 4.69) is 5.32 Å². The van der Waals surface area contributed by atoms with E-state index < -0.39 is 16.1 Å². The molecule has 3 aromatic carbocycles. The van der Waals surface area contributed by atoms with Crippen molar-refractivity contribution in [1.29, 1.82) is 0 Å². The molecule has 226 valence electrons. The Hall–Kier alpha value is -3.85. The molecule has 8 nitrogen and oxygen atoms in total. The number of anilines is 1. The molecule has 0 spiro atoms. The second-order valence-electron chi connectivity index (χ2n) is 10.7. The minimum Gasteiger partial charge on any atom is -0.494 e. The smallest absolute Gasteiger partial charge is 0.243 e. The quantitative estimate of drug-likeness (QED) is 0.251. The van der Waals surface area contributed by atoms with Crippen molar-refractivity contribution in [3.63, 3.8) is 0 Å². The van der Waals surface area contributed by atoms with Gasteiger partial charge in [-0.25, -0.2) is 8.42 Å². The molecule has 2 amide bonds. The molecule has 42 heavy (non-hydrogen) atoms.